The van der Waals surface area contributed by atoms with Gasteiger partial charge in [-0.25, -0.2) is 0 Å². The minimum atomic E-state index is 0.860. The van der Waals surface area contributed by atoms with Crippen molar-refractivity contribution in [3.05, 3.63) is 212 Å². The first-order valence-electron chi connectivity index (χ1n) is 18.5. The van der Waals surface area contributed by atoms with E-state index < -0.39 is 0 Å². The molecule has 10 aromatic rings. The first-order chi connectivity index (χ1) is 27.2. The van der Waals surface area contributed by atoms with Crippen LogP contribution in [0.1, 0.15) is 5.56 Å². The van der Waals surface area contributed by atoms with Gasteiger partial charge in [-0.15, -0.1) is 0 Å². The van der Waals surface area contributed by atoms with E-state index in [0.29, 0.717) is 0 Å². The number of anilines is 2. The van der Waals surface area contributed by atoms with Crippen molar-refractivity contribution in [2.45, 2.75) is 0 Å². The SMILES string of the molecule is C=C/C(=C\C=C\N(c1ccccc1-c1ccccc1)c1ccccc1-c1ccc2oc3c4ccccc4ccc3c2c1)c1ccc2c(c1)oc1ccccc12. The van der Waals surface area contributed by atoms with Crippen molar-refractivity contribution in [3.8, 4) is 22.3 Å². The van der Waals surface area contributed by atoms with Crippen molar-refractivity contribution < 1.29 is 8.83 Å². The molecule has 0 fully saturated rings. The van der Waals surface area contributed by atoms with Crippen LogP contribution in [0.2, 0.25) is 0 Å². The Morgan fingerprint density at radius 3 is 1.95 bits per heavy atom. The lowest BCUT2D eigenvalue weighted by atomic mass is 9.98. The van der Waals surface area contributed by atoms with Crippen LogP contribution < -0.4 is 4.90 Å². The first kappa shape index (κ1) is 32.3. The summed E-state index contributed by atoms with van der Waals surface area (Å²) in [5, 5.41) is 6.72. The van der Waals surface area contributed by atoms with Crippen LogP contribution in [0, 0.1) is 0 Å². The maximum absolute atomic E-state index is 6.49. The van der Waals surface area contributed by atoms with Gasteiger partial charge in [0.25, 0.3) is 0 Å². The molecule has 10 rings (SSSR count). The van der Waals surface area contributed by atoms with Crippen molar-refractivity contribution in [3.63, 3.8) is 0 Å². The summed E-state index contributed by atoms with van der Waals surface area (Å²) >= 11 is 0. The zero-order valence-electron chi connectivity index (χ0n) is 30.0. The molecule has 3 heteroatoms. The Labute approximate surface area is 319 Å². The second-order valence-corrected chi connectivity index (χ2v) is 13.7. The fourth-order valence-electron chi connectivity index (χ4n) is 7.86. The van der Waals surface area contributed by atoms with E-state index in [1.165, 1.54) is 5.39 Å². The number of allylic oxidation sites excluding steroid dienone is 4. The van der Waals surface area contributed by atoms with Crippen molar-refractivity contribution in [2.75, 3.05) is 4.90 Å². The minimum absolute atomic E-state index is 0.860. The highest BCUT2D eigenvalue weighted by atomic mass is 16.3. The fraction of sp³-hybridized carbons (Fsp3) is 0. The maximum Gasteiger partial charge on any atom is 0.143 e. The van der Waals surface area contributed by atoms with Gasteiger partial charge < -0.3 is 13.7 Å². The van der Waals surface area contributed by atoms with Crippen molar-refractivity contribution in [1.82, 2.24) is 0 Å². The predicted molar refractivity (Wildman–Crippen MR) is 232 cm³/mol. The molecule has 0 unspecified atom stereocenters. The zero-order valence-corrected chi connectivity index (χ0v) is 30.0. The van der Waals surface area contributed by atoms with Crippen LogP contribution in [0.5, 0.6) is 0 Å². The summed E-state index contributed by atoms with van der Waals surface area (Å²) in [5.74, 6) is 0. The highest BCUT2D eigenvalue weighted by Gasteiger charge is 2.18. The number of furan rings is 2. The molecule has 0 radical (unpaired) electrons. The molecule has 0 aliphatic heterocycles. The third-order valence-electron chi connectivity index (χ3n) is 10.5. The van der Waals surface area contributed by atoms with E-state index in [-0.39, 0.29) is 0 Å². The maximum atomic E-state index is 6.49. The normalized spacial score (nSPS) is 12.1. The Balaban J connectivity index is 1.11. The first-order valence-corrected chi connectivity index (χ1v) is 18.5. The second kappa shape index (κ2) is 13.6. The molecule has 2 heterocycles. The van der Waals surface area contributed by atoms with Crippen LogP contribution in [0.3, 0.4) is 0 Å². The van der Waals surface area contributed by atoms with Crippen LogP contribution in [-0.4, -0.2) is 0 Å². The summed E-state index contributed by atoms with van der Waals surface area (Å²) in [5.41, 5.74) is 12.2. The van der Waals surface area contributed by atoms with E-state index in [1.807, 2.05) is 24.3 Å². The molecule has 0 saturated heterocycles. The summed E-state index contributed by atoms with van der Waals surface area (Å²) < 4.78 is 12.7. The molecule has 8 aromatic carbocycles. The van der Waals surface area contributed by atoms with Crippen molar-refractivity contribution in [1.29, 1.82) is 0 Å². The number of benzene rings is 8. The lowest BCUT2D eigenvalue weighted by molar-refractivity contribution is 0.669. The molecule has 0 saturated carbocycles. The lowest BCUT2D eigenvalue weighted by Gasteiger charge is -2.26. The van der Waals surface area contributed by atoms with Gasteiger partial charge in [0, 0.05) is 44.3 Å². The molecule has 0 bridgehead atoms. The lowest BCUT2D eigenvalue weighted by Crippen LogP contribution is -2.11. The van der Waals surface area contributed by atoms with Gasteiger partial charge in [-0.3, -0.25) is 0 Å². The van der Waals surface area contributed by atoms with Crippen molar-refractivity contribution >= 4 is 71.6 Å². The Bertz CT molecular complexity index is 3120. The predicted octanol–water partition coefficient (Wildman–Crippen LogP) is 14.9. The molecule has 0 amide bonds. The summed E-state index contributed by atoms with van der Waals surface area (Å²) in [6.07, 6.45) is 8.28. The molecular formula is C52H35NO2. The van der Waals surface area contributed by atoms with Crippen LogP contribution in [0.25, 0.3) is 82.5 Å². The van der Waals surface area contributed by atoms with Gasteiger partial charge in [-0.05, 0) is 82.3 Å². The molecule has 2 aromatic heterocycles. The van der Waals surface area contributed by atoms with E-state index in [2.05, 4.69) is 188 Å². The monoisotopic (exact) mass is 705 g/mol. The quantitative estimate of drug-likeness (QED) is 0.147. The highest BCUT2D eigenvalue weighted by Crippen LogP contribution is 2.42. The standard InChI is InChI=1S/C52H35NO2/c1-2-35(38-27-29-44-43-22-10-13-25-49(43)54-51(44)34-38)18-14-32-53(47-23-11-8-19-40(47)36-15-4-3-5-16-36)48-24-12-9-20-41(48)39-28-31-50-46(33-39)45-30-26-37-17-6-7-21-42(37)52(45)55-50/h2-34H,1H2/b32-14+,35-18+. The zero-order chi connectivity index (χ0) is 36.7. The Morgan fingerprint density at radius 1 is 0.473 bits per heavy atom. The van der Waals surface area contributed by atoms with E-state index in [9.17, 15) is 0 Å². The molecule has 0 atom stereocenters. The fourth-order valence-corrected chi connectivity index (χ4v) is 7.86. The Hall–Kier alpha value is -7.36. The van der Waals surface area contributed by atoms with Crippen LogP contribution >= 0.6 is 0 Å². The van der Waals surface area contributed by atoms with Crippen LogP contribution in [-0.2, 0) is 0 Å². The van der Waals surface area contributed by atoms with Gasteiger partial charge in [0.1, 0.15) is 22.3 Å². The average molecular weight is 706 g/mol. The largest absolute Gasteiger partial charge is 0.456 e. The molecular weight excluding hydrogens is 671 g/mol. The molecule has 0 spiro atoms. The van der Waals surface area contributed by atoms with E-state index >= 15 is 0 Å². The number of para-hydroxylation sites is 3. The number of fused-ring (bicyclic) bond motifs is 8. The molecule has 55 heavy (non-hydrogen) atoms. The minimum Gasteiger partial charge on any atom is -0.456 e. The summed E-state index contributed by atoms with van der Waals surface area (Å²) in [4.78, 5) is 2.29. The number of nitrogens with zero attached hydrogens (tertiary/aromatic N) is 1. The van der Waals surface area contributed by atoms with Gasteiger partial charge in [0.2, 0.25) is 0 Å². The second-order valence-electron chi connectivity index (χ2n) is 13.7. The Morgan fingerprint density at radius 2 is 1.13 bits per heavy atom. The molecule has 0 aliphatic rings. The number of hydrogen-bond acceptors (Lipinski definition) is 3. The summed E-state index contributed by atoms with van der Waals surface area (Å²) in [7, 11) is 0. The van der Waals surface area contributed by atoms with E-state index in [0.717, 1.165) is 94.0 Å². The number of rotatable bonds is 8. The average Bonchev–Trinajstić information content (AvgIpc) is 3.82. The summed E-state index contributed by atoms with van der Waals surface area (Å²) in [6.45, 7) is 4.19. The smallest absolute Gasteiger partial charge is 0.143 e. The van der Waals surface area contributed by atoms with Gasteiger partial charge in [0.05, 0.1) is 11.4 Å². The molecule has 0 aliphatic carbocycles. The molecule has 0 N–H and O–H groups in total. The molecule has 3 nitrogen and oxygen atoms in total. The van der Waals surface area contributed by atoms with Gasteiger partial charge in [0.15, 0.2) is 0 Å². The highest BCUT2D eigenvalue weighted by molar-refractivity contribution is 6.15. The van der Waals surface area contributed by atoms with E-state index in [4.69, 9.17) is 8.83 Å². The Kier molecular flexibility index (Phi) is 7.96. The van der Waals surface area contributed by atoms with Gasteiger partial charge in [-0.2, -0.15) is 0 Å². The number of hydrogen-bond donors (Lipinski definition) is 0. The third kappa shape index (κ3) is 5.70. The van der Waals surface area contributed by atoms with Crippen molar-refractivity contribution in [2.24, 2.45) is 0 Å². The van der Waals surface area contributed by atoms with Crippen LogP contribution in [0.4, 0.5) is 11.4 Å². The van der Waals surface area contributed by atoms with Crippen LogP contribution in [0.15, 0.2) is 216 Å². The van der Waals surface area contributed by atoms with Gasteiger partial charge in [-0.1, -0.05) is 146 Å². The third-order valence-corrected chi connectivity index (χ3v) is 10.5. The van der Waals surface area contributed by atoms with E-state index in [1.54, 1.807) is 0 Å². The topological polar surface area (TPSA) is 29.5 Å². The summed E-state index contributed by atoms with van der Waals surface area (Å²) in [6, 6.07) is 61.6. The van der Waals surface area contributed by atoms with Gasteiger partial charge >= 0.3 is 0 Å². The molecule has 260 valence electrons.